The molecule has 2 aromatic rings. The third kappa shape index (κ3) is 2.67. The quantitative estimate of drug-likeness (QED) is 0.923. The number of aromatic amines is 1. The van der Waals surface area contributed by atoms with Gasteiger partial charge in [-0.15, -0.1) is 0 Å². The second-order valence-electron chi connectivity index (χ2n) is 5.19. The van der Waals surface area contributed by atoms with Crippen LogP contribution in [0.1, 0.15) is 18.7 Å². The number of imidazole rings is 1. The third-order valence-corrected chi connectivity index (χ3v) is 3.85. The Labute approximate surface area is 117 Å². The summed E-state index contributed by atoms with van der Waals surface area (Å²) in [6.45, 7) is 1.52. The number of hydrogen-bond acceptors (Lipinski definition) is 3. The SMILES string of the molecule is CO[C@@H]1CCN(C(=O)CCc2nc3ccccc3[nH]2)C1. The molecular weight excluding hydrogens is 254 g/mol. The van der Waals surface area contributed by atoms with Gasteiger partial charge in [-0.3, -0.25) is 4.79 Å². The van der Waals surface area contributed by atoms with Gasteiger partial charge in [-0.25, -0.2) is 4.98 Å². The Morgan fingerprint density at radius 3 is 3.10 bits per heavy atom. The highest BCUT2D eigenvalue weighted by Gasteiger charge is 2.25. The van der Waals surface area contributed by atoms with Crippen molar-refractivity contribution in [3.8, 4) is 0 Å². The second kappa shape index (κ2) is 5.63. The van der Waals surface area contributed by atoms with E-state index in [2.05, 4.69) is 9.97 Å². The number of aromatic nitrogens is 2. The molecular formula is C15H19N3O2. The number of para-hydroxylation sites is 2. The number of nitrogens with zero attached hydrogens (tertiary/aromatic N) is 2. The van der Waals surface area contributed by atoms with Gasteiger partial charge in [0.1, 0.15) is 5.82 Å². The molecule has 1 aliphatic rings. The molecule has 1 fully saturated rings. The van der Waals surface area contributed by atoms with Crippen molar-refractivity contribution in [1.82, 2.24) is 14.9 Å². The highest BCUT2D eigenvalue weighted by molar-refractivity contribution is 5.77. The van der Waals surface area contributed by atoms with E-state index >= 15 is 0 Å². The molecule has 0 saturated carbocycles. The van der Waals surface area contributed by atoms with Crippen LogP contribution in [-0.4, -0.2) is 47.1 Å². The molecule has 1 aliphatic heterocycles. The Hall–Kier alpha value is -1.88. The lowest BCUT2D eigenvalue weighted by Gasteiger charge is -2.15. The van der Waals surface area contributed by atoms with Crippen molar-refractivity contribution in [2.45, 2.75) is 25.4 Å². The molecule has 20 heavy (non-hydrogen) atoms. The molecule has 0 unspecified atom stereocenters. The molecule has 106 valence electrons. The topological polar surface area (TPSA) is 58.2 Å². The van der Waals surface area contributed by atoms with Gasteiger partial charge < -0.3 is 14.6 Å². The van der Waals surface area contributed by atoms with Gasteiger partial charge in [0.25, 0.3) is 0 Å². The Kier molecular flexibility index (Phi) is 3.69. The number of H-pyrrole nitrogens is 1. The summed E-state index contributed by atoms with van der Waals surface area (Å²) >= 11 is 0. The molecule has 1 aromatic carbocycles. The maximum atomic E-state index is 12.1. The summed E-state index contributed by atoms with van der Waals surface area (Å²) in [4.78, 5) is 21.8. The maximum Gasteiger partial charge on any atom is 0.223 e. The number of nitrogens with one attached hydrogen (secondary N) is 1. The number of likely N-dealkylation sites (tertiary alicyclic amines) is 1. The van der Waals surface area contributed by atoms with Gasteiger partial charge >= 0.3 is 0 Å². The van der Waals surface area contributed by atoms with Crippen molar-refractivity contribution in [3.05, 3.63) is 30.1 Å². The molecule has 0 spiro atoms. The fourth-order valence-electron chi connectivity index (χ4n) is 2.65. The zero-order valence-corrected chi connectivity index (χ0v) is 11.6. The van der Waals surface area contributed by atoms with Crippen molar-refractivity contribution in [3.63, 3.8) is 0 Å². The maximum absolute atomic E-state index is 12.1. The molecule has 1 saturated heterocycles. The van der Waals surface area contributed by atoms with Crippen LogP contribution in [0.25, 0.3) is 11.0 Å². The van der Waals surface area contributed by atoms with E-state index in [4.69, 9.17) is 4.74 Å². The number of aryl methyl sites for hydroxylation is 1. The molecule has 1 aromatic heterocycles. The summed E-state index contributed by atoms with van der Waals surface area (Å²) < 4.78 is 5.28. The minimum absolute atomic E-state index is 0.185. The highest BCUT2D eigenvalue weighted by atomic mass is 16.5. The average Bonchev–Trinajstić information content (AvgIpc) is 3.10. The van der Waals surface area contributed by atoms with Crippen LogP contribution in [0.3, 0.4) is 0 Å². The van der Waals surface area contributed by atoms with Gasteiger partial charge in [-0.2, -0.15) is 0 Å². The van der Waals surface area contributed by atoms with E-state index in [1.165, 1.54) is 0 Å². The smallest absolute Gasteiger partial charge is 0.223 e. The number of carbonyl (C=O) groups is 1. The van der Waals surface area contributed by atoms with Gasteiger partial charge in [-0.1, -0.05) is 12.1 Å². The van der Waals surface area contributed by atoms with Crippen LogP contribution in [0.5, 0.6) is 0 Å². The molecule has 5 heteroatoms. The van der Waals surface area contributed by atoms with E-state index in [0.29, 0.717) is 12.8 Å². The normalized spacial score (nSPS) is 18.9. The van der Waals surface area contributed by atoms with Crippen LogP contribution < -0.4 is 0 Å². The number of ether oxygens (including phenoxy) is 1. The van der Waals surface area contributed by atoms with Gasteiger partial charge in [0.15, 0.2) is 0 Å². The van der Waals surface area contributed by atoms with Crippen molar-refractivity contribution in [1.29, 1.82) is 0 Å². The summed E-state index contributed by atoms with van der Waals surface area (Å²) in [6, 6.07) is 7.91. The van der Waals surface area contributed by atoms with Crippen LogP contribution in [-0.2, 0) is 16.0 Å². The van der Waals surface area contributed by atoms with Crippen molar-refractivity contribution >= 4 is 16.9 Å². The van der Waals surface area contributed by atoms with Gasteiger partial charge in [0.05, 0.1) is 17.1 Å². The van der Waals surface area contributed by atoms with E-state index in [-0.39, 0.29) is 12.0 Å². The van der Waals surface area contributed by atoms with Gasteiger partial charge in [0.2, 0.25) is 5.91 Å². The summed E-state index contributed by atoms with van der Waals surface area (Å²) in [5.74, 6) is 1.06. The number of amides is 1. The van der Waals surface area contributed by atoms with Gasteiger partial charge in [0, 0.05) is 33.0 Å². The molecule has 1 N–H and O–H groups in total. The van der Waals surface area contributed by atoms with Gasteiger partial charge in [-0.05, 0) is 18.6 Å². The van der Waals surface area contributed by atoms with Crippen LogP contribution >= 0.6 is 0 Å². The number of hydrogen-bond donors (Lipinski definition) is 1. The molecule has 0 aliphatic carbocycles. The lowest BCUT2D eigenvalue weighted by Crippen LogP contribution is -2.30. The number of benzene rings is 1. The van der Waals surface area contributed by atoms with E-state index < -0.39 is 0 Å². The summed E-state index contributed by atoms with van der Waals surface area (Å²) in [5.41, 5.74) is 1.98. The monoisotopic (exact) mass is 273 g/mol. The third-order valence-electron chi connectivity index (χ3n) is 3.85. The number of rotatable bonds is 4. The molecule has 0 bridgehead atoms. The molecule has 1 atom stereocenters. The first-order valence-corrected chi connectivity index (χ1v) is 7.00. The van der Waals surface area contributed by atoms with E-state index in [1.807, 2.05) is 29.2 Å². The first-order valence-electron chi connectivity index (χ1n) is 7.00. The van der Waals surface area contributed by atoms with Crippen LogP contribution in [0.4, 0.5) is 0 Å². The largest absolute Gasteiger partial charge is 0.380 e. The Morgan fingerprint density at radius 1 is 1.50 bits per heavy atom. The van der Waals surface area contributed by atoms with Crippen LogP contribution in [0, 0.1) is 0 Å². The number of fused-ring (bicyclic) bond motifs is 1. The van der Waals surface area contributed by atoms with Crippen molar-refractivity contribution in [2.75, 3.05) is 20.2 Å². The Balaban J connectivity index is 1.57. The summed E-state index contributed by atoms with van der Waals surface area (Å²) in [6.07, 6.45) is 2.29. The zero-order chi connectivity index (χ0) is 13.9. The van der Waals surface area contributed by atoms with Crippen molar-refractivity contribution in [2.24, 2.45) is 0 Å². The molecule has 3 rings (SSSR count). The minimum atomic E-state index is 0.185. The predicted molar refractivity (Wildman–Crippen MR) is 76.4 cm³/mol. The lowest BCUT2D eigenvalue weighted by molar-refractivity contribution is -0.130. The summed E-state index contributed by atoms with van der Waals surface area (Å²) in [5, 5.41) is 0. The van der Waals surface area contributed by atoms with Crippen molar-refractivity contribution < 1.29 is 9.53 Å². The van der Waals surface area contributed by atoms with E-state index in [1.54, 1.807) is 7.11 Å². The summed E-state index contributed by atoms with van der Waals surface area (Å²) in [7, 11) is 1.70. The zero-order valence-electron chi connectivity index (χ0n) is 11.6. The molecule has 5 nitrogen and oxygen atoms in total. The number of carbonyl (C=O) groups excluding carboxylic acids is 1. The van der Waals surface area contributed by atoms with Crippen LogP contribution in [0.2, 0.25) is 0 Å². The highest BCUT2D eigenvalue weighted by Crippen LogP contribution is 2.15. The second-order valence-corrected chi connectivity index (χ2v) is 5.19. The minimum Gasteiger partial charge on any atom is -0.380 e. The molecule has 1 amide bonds. The average molecular weight is 273 g/mol. The van der Waals surface area contributed by atoms with E-state index in [9.17, 15) is 4.79 Å². The Bertz CT molecular complexity index is 575. The molecule has 0 radical (unpaired) electrons. The standard InChI is InChI=1S/C15H19N3O2/c1-20-11-8-9-18(10-11)15(19)7-6-14-16-12-4-2-3-5-13(12)17-14/h2-5,11H,6-10H2,1H3,(H,16,17)/t11-/m1/s1. The first-order chi connectivity index (χ1) is 9.76. The predicted octanol–water partition coefficient (Wildman–Crippen LogP) is 1.74. The van der Waals surface area contributed by atoms with Crippen LogP contribution in [0.15, 0.2) is 24.3 Å². The fourth-order valence-corrected chi connectivity index (χ4v) is 2.65. The number of methoxy groups -OCH3 is 1. The fraction of sp³-hybridized carbons (Fsp3) is 0.467. The first kappa shape index (κ1) is 13.1. The Morgan fingerprint density at radius 2 is 2.35 bits per heavy atom. The molecule has 2 heterocycles. The lowest BCUT2D eigenvalue weighted by atomic mass is 10.2. The van der Waals surface area contributed by atoms with E-state index in [0.717, 1.165) is 36.4 Å².